The number of benzene rings is 3. The first-order chi connectivity index (χ1) is 16.3. The van der Waals surface area contributed by atoms with E-state index >= 15 is 0 Å². The molecular weight excluding hydrogens is 469 g/mol. The highest BCUT2D eigenvalue weighted by Crippen LogP contribution is 2.28. The zero-order valence-corrected chi connectivity index (χ0v) is 20.8. The van der Waals surface area contributed by atoms with Gasteiger partial charge in [0.1, 0.15) is 5.82 Å². The van der Waals surface area contributed by atoms with Gasteiger partial charge < -0.3 is 4.90 Å². The molecule has 1 amide bonds. The number of halogens is 2. The lowest BCUT2D eigenvalue weighted by atomic mass is 10.1. The SMILES string of the molecule is CCCN(C(=O)c1ccc(Cl)cc1)C(C)c1nc2ccccc2c(=O)n1-c1cccc(Cl)c1C. The van der Waals surface area contributed by atoms with Crippen molar-refractivity contribution in [3.05, 3.63) is 104 Å². The van der Waals surface area contributed by atoms with Gasteiger partial charge in [-0.1, -0.05) is 48.3 Å². The molecule has 4 rings (SSSR count). The molecule has 3 aromatic carbocycles. The Morgan fingerprint density at radius 2 is 1.74 bits per heavy atom. The maximum Gasteiger partial charge on any atom is 0.266 e. The average molecular weight is 494 g/mol. The quantitative estimate of drug-likeness (QED) is 0.303. The highest BCUT2D eigenvalue weighted by molar-refractivity contribution is 6.31. The Hall–Kier alpha value is -3.15. The van der Waals surface area contributed by atoms with Crippen LogP contribution in [0.3, 0.4) is 0 Å². The molecule has 0 fully saturated rings. The Kier molecular flexibility index (Phi) is 7.05. The first-order valence-electron chi connectivity index (χ1n) is 11.2. The van der Waals surface area contributed by atoms with E-state index in [4.69, 9.17) is 28.2 Å². The van der Waals surface area contributed by atoms with Gasteiger partial charge in [0.25, 0.3) is 11.5 Å². The molecule has 0 aliphatic heterocycles. The fourth-order valence-electron chi connectivity index (χ4n) is 4.11. The zero-order valence-electron chi connectivity index (χ0n) is 19.3. The molecule has 0 aliphatic carbocycles. The van der Waals surface area contributed by atoms with E-state index in [0.29, 0.717) is 44.6 Å². The number of carbonyl (C=O) groups is 1. The Morgan fingerprint density at radius 1 is 1.03 bits per heavy atom. The van der Waals surface area contributed by atoms with Gasteiger partial charge >= 0.3 is 0 Å². The molecule has 1 aromatic heterocycles. The molecule has 1 atom stereocenters. The first-order valence-corrected chi connectivity index (χ1v) is 11.9. The number of para-hydroxylation sites is 1. The maximum atomic E-state index is 13.7. The summed E-state index contributed by atoms with van der Waals surface area (Å²) in [6.45, 7) is 6.28. The Morgan fingerprint density at radius 3 is 2.44 bits per heavy atom. The van der Waals surface area contributed by atoms with Crippen LogP contribution in [0.4, 0.5) is 0 Å². The van der Waals surface area contributed by atoms with E-state index in [1.54, 1.807) is 45.9 Å². The predicted octanol–water partition coefficient (Wildman–Crippen LogP) is 6.61. The summed E-state index contributed by atoms with van der Waals surface area (Å²) in [6.07, 6.45) is 0.748. The number of carbonyl (C=O) groups excluding carboxylic acids is 1. The summed E-state index contributed by atoms with van der Waals surface area (Å²) in [5.41, 5.74) is 2.32. The van der Waals surface area contributed by atoms with Gasteiger partial charge in [-0.15, -0.1) is 0 Å². The number of fused-ring (bicyclic) bond motifs is 1. The van der Waals surface area contributed by atoms with E-state index in [1.807, 2.05) is 51.1 Å². The standard InChI is InChI=1S/C27H25Cl2N3O2/c1-4-16-31(26(33)19-12-14-20(28)15-13-19)18(3)25-30-23-10-6-5-8-21(23)27(34)32(25)24-11-7-9-22(29)17(24)2/h5-15,18H,4,16H2,1-3H3. The number of aromatic nitrogens is 2. The molecule has 0 radical (unpaired) electrons. The van der Waals surface area contributed by atoms with Gasteiger partial charge in [0.15, 0.2) is 0 Å². The second-order valence-corrected chi connectivity index (χ2v) is 9.04. The van der Waals surface area contributed by atoms with E-state index in [0.717, 1.165) is 12.0 Å². The molecule has 0 bridgehead atoms. The summed E-state index contributed by atoms with van der Waals surface area (Å²) in [7, 11) is 0. The van der Waals surface area contributed by atoms with Crippen LogP contribution < -0.4 is 5.56 Å². The van der Waals surface area contributed by atoms with Gasteiger partial charge in [-0.3, -0.25) is 14.2 Å². The van der Waals surface area contributed by atoms with Crippen molar-refractivity contribution in [2.75, 3.05) is 6.54 Å². The van der Waals surface area contributed by atoms with E-state index in [-0.39, 0.29) is 11.5 Å². The molecular formula is C27H25Cl2N3O2. The van der Waals surface area contributed by atoms with Crippen LogP contribution in [0.15, 0.2) is 71.5 Å². The third kappa shape index (κ3) is 4.46. The summed E-state index contributed by atoms with van der Waals surface area (Å²) < 4.78 is 1.59. The van der Waals surface area contributed by atoms with Crippen LogP contribution in [0.2, 0.25) is 10.0 Å². The lowest BCUT2D eigenvalue weighted by Crippen LogP contribution is -2.38. The number of amides is 1. The molecule has 1 heterocycles. The highest BCUT2D eigenvalue weighted by atomic mass is 35.5. The van der Waals surface area contributed by atoms with Crippen LogP contribution in [0.25, 0.3) is 16.6 Å². The minimum absolute atomic E-state index is 0.150. The van der Waals surface area contributed by atoms with Crippen LogP contribution in [0.5, 0.6) is 0 Å². The molecule has 174 valence electrons. The Bertz CT molecular complexity index is 1410. The molecule has 4 aromatic rings. The van der Waals surface area contributed by atoms with E-state index in [9.17, 15) is 9.59 Å². The topological polar surface area (TPSA) is 55.2 Å². The van der Waals surface area contributed by atoms with Gasteiger partial charge in [0.05, 0.1) is 22.6 Å². The second-order valence-electron chi connectivity index (χ2n) is 8.19. The molecule has 0 saturated carbocycles. The third-order valence-corrected chi connectivity index (χ3v) is 6.60. The molecule has 0 saturated heterocycles. The van der Waals surface area contributed by atoms with Crippen molar-refractivity contribution in [2.24, 2.45) is 0 Å². The van der Waals surface area contributed by atoms with Crippen LogP contribution >= 0.6 is 23.2 Å². The van der Waals surface area contributed by atoms with E-state index < -0.39 is 6.04 Å². The van der Waals surface area contributed by atoms with Crippen molar-refractivity contribution in [3.63, 3.8) is 0 Å². The largest absolute Gasteiger partial charge is 0.329 e. The van der Waals surface area contributed by atoms with Gasteiger partial charge in [-0.05, 0) is 74.4 Å². The van der Waals surface area contributed by atoms with Crippen LogP contribution in [0.1, 0.15) is 48.1 Å². The average Bonchev–Trinajstić information content (AvgIpc) is 2.84. The van der Waals surface area contributed by atoms with E-state index in [2.05, 4.69) is 0 Å². The monoisotopic (exact) mass is 493 g/mol. The van der Waals surface area contributed by atoms with Crippen LogP contribution in [0, 0.1) is 6.92 Å². The summed E-state index contributed by atoms with van der Waals surface area (Å²) in [4.78, 5) is 33.9. The number of hydrogen-bond acceptors (Lipinski definition) is 3. The molecule has 0 N–H and O–H groups in total. The Labute approximate surface area is 208 Å². The van der Waals surface area contributed by atoms with Crippen molar-refractivity contribution in [3.8, 4) is 5.69 Å². The molecule has 0 spiro atoms. The minimum Gasteiger partial charge on any atom is -0.329 e. The normalized spacial score (nSPS) is 12.0. The summed E-state index contributed by atoms with van der Waals surface area (Å²) in [6, 6.07) is 19.0. The van der Waals surface area contributed by atoms with Gasteiger partial charge in [-0.25, -0.2) is 4.98 Å². The molecule has 34 heavy (non-hydrogen) atoms. The summed E-state index contributed by atoms with van der Waals surface area (Å²) >= 11 is 12.4. The maximum absolute atomic E-state index is 13.7. The lowest BCUT2D eigenvalue weighted by molar-refractivity contribution is 0.0681. The lowest BCUT2D eigenvalue weighted by Gasteiger charge is -2.30. The number of nitrogens with zero attached hydrogens (tertiary/aromatic N) is 3. The van der Waals surface area contributed by atoms with Gasteiger partial charge in [-0.2, -0.15) is 0 Å². The zero-order chi connectivity index (χ0) is 24.4. The molecule has 0 aliphatic rings. The minimum atomic E-state index is -0.487. The molecule has 7 heteroatoms. The smallest absolute Gasteiger partial charge is 0.266 e. The third-order valence-electron chi connectivity index (χ3n) is 5.94. The summed E-state index contributed by atoms with van der Waals surface area (Å²) in [5.74, 6) is 0.327. The van der Waals surface area contributed by atoms with Crippen LogP contribution in [-0.2, 0) is 0 Å². The second kappa shape index (κ2) is 10.00. The fraction of sp³-hybridized carbons (Fsp3) is 0.222. The van der Waals surface area contributed by atoms with Crippen LogP contribution in [-0.4, -0.2) is 26.9 Å². The van der Waals surface area contributed by atoms with Crippen molar-refractivity contribution in [2.45, 2.75) is 33.2 Å². The highest BCUT2D eigenvalue weighted by Gasteiger charge is 2.27. The fourth-order valence-corrected chi connectivity index (χ4v) is 4.41. The number of hydrogen-bond donors (Lipinski definition) is 0. The Balaban J connectivity index is 1.94. The van der Waals surface area contributed by atoms with Crippen molar-refractivity contribution >= 4 is 40.0 Å². The molecule has 1 unspecified atom stereocenters. The van der Waals surface area contributed by atoms with Crippen molar-refractivity contribution in [1.29, 1.82) is 0 Å². The summed E-state index contributed by atoms with van der Waals surface area (Å²) in [5, 5.41) is 1.62. The van der Waals surface area contributed by atoms with E-state index in [1.165, 1.54) is 0 Å². The van der Waals surface area contributed by atoms with Crippen molar-refractivity contribution in [1.82, 2.24) is 14.5 Å². The first kappa shape index (κ1) is 24.0. The predicted molar refractivity (Wildman–Crippen MR) is 138 cm³/mol. The molecule has 5 nitrogen and oxygen atoms in total. The van der Waals surface area contributed by atoms with Gasteiger partial charge in [0.2, 0.25) is 0 Å². The van der Waals surface area contributed by atoms with Gasteiger partial charge in [0, 0.05) is 22.2 Å². The number of rotatable bonds is 6. The van der Waals surface area contributed by atoms with Crippen molar-refractivity contribution < 1.29 is 4.79 Å².